The van der Waals surface area contributed by atoms with Gasteiger partial charge in [0.2, 0.25) is 11.8 Å². The molecule has 130 valence electrons. The number of rotatable bonds is 4. The lowest BCUT2D eigenvalue weighted by Gasteiger charge is -2.26. The average molecular weight is 340 g/mol. The summed E-state index contributed by atoms with van der Waals surface area (Å²) in [4.78, 5) is 13.2. The lowest BCUT2D eigenvalue weighted by molar-refractivity contribution is 0.371. The summed E-state index contributed by atoms with van der Waals surface area (Å²) in [7, 11) is 0. The van der Waals surface area contributed by atoms with Gasteiger partial charge in [0, 0.05) is 13.1 Å². The first-order valence-electron chi connectivity index (χ1n) is 8.36. The molecule has 0 fully saturated rings. The van der Waals surface area contributed by atoms with Gasteiger partial charge >= 0.3 is 0 Å². The van der Waals surface area contributed by atoms with Crippen LogP contribution in [-0.2, 0) is 13.1 Å². The van der Waals surface area contributed by atoms with Gasteiger partial charge in [-0.1, -0.05) is 22.4 Å². The normalized spacial score (nSPS) is 14.5. The Morgan fingerprint density at radius 1 is 0.840 bits per heavy atom. The molecular weight excluding hydrogens is 320 g/mol. The fraction of sp³-hybridized carbons (Fsp3) is 0.412. The minimum Gasteiger partial charge on any atom is -0.360 e. The van der Waals surface area contributed by atoms with Crippen molar-refractivity contribution in [2.24, 2.45) is 0 Å². The van der Waals surface area contributed by atoms with E-state index in [4.69, 9.17) is 9.05 Å². The number of fused-ring (bicyclic) bond motifs is 1. The third-order valence-electron chi connectivity index (χ3n) is 4.21. The Kier molecular flexibility index (Phi) is 4.09. The molecule has 8 nitrogen and oxygen atoms in total. The van der Waals surface area contributed by atoms with Gasteiger partial charge in [0.1, 0.15) is 0 Å². The van der Waals surface area contributed by atoms with E-state index in [0.29, 0.717) is 36.5 Å². The van der Waals surface area contributed by atoms with Crippen LogP contribution in [0.4, 0.5) is 11.4 Å². The molecule has 0 N–H and O–H groups in total. The van der Waals surface area contributed by atoms with Crippen molar-refractivity contribution in [1.29, 1.82) is 0 Å². The number of aryl methyl sites for hydroxylation is 2. The maximum atomic E-state index is 5.30. The van der Waals surface area contributed by atoms with Gasteiger partial charge in [-0.15, -0.1) is 0 Å². The van der Waals surface area contributed by atoms with Crippen molar-refractivity contribution >= 4 is 11.4 Å². The Bertz CT molecular complexity index is 789. The predicted octanol–water partition coefficient (Wildman–Crippen LogP) is 2.49. The summed E-state index contributed by atoms with van der Waals surface area (Å²) in [5.41, 5.74) is 2.29. The highest BCUT2D eigenvalue weighted by Gasteiger charge is 2.23. The number of aromatic nitrogens is 4. The first-order chi connectivity index (χ1) is 12.2. The van der Waals surface area contributed by atoms with E-state index in [9.17, 15) is 0 Å². The molecule has 3 heterocycles. The van der Waals surface area contributed by atoms with Crippen molar-refractivity contribution in [3.8, 4) is 0 Å². The minimum absolute atomic E-state index is 0.603. The van der Waals surface area contributed by atoms with Crippen LogP contribution in [-0.4, -0.2) is 33.4 Å². The number of anilines is 2. The van der Waals surface area contributed by atoms with Gasteiger partial charge in [0.25, 0.3) is 0 Å². The largest absolute Gasteiger partial charge is 0.360 e. The highest BCUT2D eigenvalue weighted by Crippen LogP contribution is 2.33. The quantitative estimate of drug-likeness (QED) is 0.716. The fourth-order valence-corrected chi connectivity index (χ4v) is 3.16. The van der Waals surface area contributed by atoms with Gasteiger partial charge in [-0.05, 0) is 32.4 Å². The smallest absolute Gasteiger partial charge is 0.246 e. The lowest BCUT2D eigenvalue weighted by atomic mass is 10.2. The van der Waals surface area contributed by atoms with Crippen LogP contribution < -0.4 is 9.80 Å². The third-order valence-corrected chi connectivity index (χ3v) is 4.21. The Hall–Kier alpha value is -2.90. The Labute approximate surface area is 145 Å². The molecule has 1 aliphatic heterocycles. The fourth-order valence-electron chi connectivity index (χ4n) is 3.16. The first-order valence-corrected chi connectivity index (χ1v) is 8.36. The van der Waals surface area contributed by atoms with Crippen LogP contribution in [0.25, 0.3) is 0 Å². The zero-order valence-corrected chi connectivity index (χ0v) is 14.3. The minimum atomic E-state index is 0.603. The van der Waals surface area contributed by atoms with Crippen molar-refractivity contribution in [1.82, 2.24) is 20.3 Å². The van der Waals surface area contributed by atoms with E-state index in [1.807, 2.05) is 26.0 Å². The molecule has 0 aliphatic carbocycles. The van der Waals surface area contributed by atoms with E-state index < -0.39 is 0 Å². The predicted molar refractivity (Wildman–Crippen MR) is 91.2 cm³/mol. The van der Waals surface area contributed by atoms with Crippen LogP contribution in [0.3, 0.4) is 0 Å². The standard InChI is InChI=1S/C17H20N6O2/c1-12-18-16(24-20-12)10-22-8-5-9-23(11-17-19-13(2)21-25-17)15-7-4-3-6-14(15)22/h3-4,6-7H,5,8-11H2,1-2H3. The second kappa shape index (κ2) is 6.54. The van der Waals surface area contributed by atoms with Crippen LogP contribution in [0, 0.1) is 13.8 Å². The molecule has 1 aromatic carbocycles. The second-order valence-corrected chi connectivity index (χ2v) is 6.16. The Balaban J connectivity index is 1.61. The van der Waals surface area contributed by atoms with Gasteiger partial charge in [-0.2, -0.15) is 9.97 Å². The molecule has 25 heavy (non-hydrogen) atoms. The van der Waals surface area contributed by atoms with Crippen LogP contribution in [0.1, 0.15) is 29.9 Å². The summed E-state index contributed by atoms with van der Waals surface area (Å²) < 4.78 is 10.6. The SMILES string of the molecule is Cc1noc(CN2CCCN(Cc3nc(C)no3)c3ccccc32)n1. The summed E-state index contributed by atoms with van der Waals surface area (Å²) >= 11 is 0. The molecule has 0 saturated heterocycles. The van der Waals surface area contributed by atoms with Crippen molar-refractivity contribution in [3.05, 3.63) is 47.7 Å². The molecule has 2 aromatic heterocycles. The van der Waals surface area contributed by atoms with E-state index in [1.54, 1.807) is 0 Å². The number of benzene rings is 1. The zero-order valence-electron chi connectivity index (χ0n) is 14.3. The summed E-state index contributed by atoms with van der Waals surface area (Å²) in [6, 6.07) is 8.34. The van der Waals surface area contributed by atoms with Crippen LogP contribution in [0.5, 0.6) is 0 Å². The summed E-state index contributed by atoms with van der Waals surface area (Å²) in [6.07, 6.45) is 1.01. The van der Waals surface area contributed by atoms with E-state index in [1.165, 1.54) is 0 Å². The van der Waals surface area contributed by atoms with Crippen molar-refractivity contribution in [2.75, 3.05) is 22.9 Å². The maximum Gasteiger partial charge on any atom is 0.246 e. The molecule has 1 aliphatic rings. The number of hydrogen-bond donors (Lipinski definition) is 0. The summed E-state index contributed by atoms with van der Waals surface area (Å²) in [6.45, 7) is 6.70. The number of nitrogens with zero attached hydrogens (tertiary/aromatic N) is 6. The number of para-hydroxylation sites is 2. The Morgan fingerprint density at radius 3 is 1.72 bits per heavy atom. The van der Waals surface area contributed by atoms with Gasteiger partial charge < -0.3 is 18.8 Å². The van der Waals surface area contributed by atoms with Gasteiger partial charge in [-0.25, -0.2) is 0 Å². The molecule has 0 bridgehead atoms. The summed E-state index contributed by atoms with van der Waals surface area (Å²) in [5.74, 6) is 2.58. The van der Waals surface area contributed by atoms with E-state index in [-0.39, 0.29) is 0 Å². The number of hydrogen-bond acceptors (Lipinski definition) is 8. The molecule has 8 heteroatoms. The average Bonchev–Trinajstić information content (AvgIpc) is 3.16. The Morgan fingerprint density at radius 2 is 1.32 bits per heavy atom. The van der Waals surface area contributed by atoms with Crippen molar-refractivity contribution in [3.63, 3.8) is 0 Å². The topological polar surface area (TPSA) is 84.3 Å². The molecule has 0 unspecified atom stereocenters. The van der Waals surface area contributed by atoms with Crippen LogP contribution in [0.2, 0.25) is 0 Å². The molecule has 4 rings (SSSR count). The molecule has 3 aromatic rings. The van der Waals surface area contributed by atoms with Crippen molar-refractivity contribution < 1.29 is 9.05 Å². The molecule has 0 spiro atoms. The van der Waals surface area contributed by atoms with Crippen LogP contribution in [0.15, 0.2) is 33.3 Å². The molecular formula is C17H20N6O2. The summed E-state index contributed by atoms with van der Waals surface area (Å²) in [5, 5.41) is 7.77. The van der Waals surface area contributed by atoms with E-state index >= 15 is 0 Å². The van der Waals surface area contributed by atoms with Gasteiger partial charge in [-0.3, -0.25) is 0 Å². The second-order valence-electron chi connectivity index (χ2n) is 6.16. The molecule has 0 amide bonds. The monoisotopic (exact) mass is 340 g/mol. The van der Waals surface area contributed by atoms with Gasteiger partial charge in [0.15, 0.2) is 11.6 Å². The molecule has 0 radical (unpaired) electrons. The highest BCUT2D eigenvalue weighted by molar-refractivity contribution is 5.72. The highest BCUT2D eigenvalue weighted by atomic mass is 16.5. The maximum absolute atomic E-state index is 5.30. The van der Waals surface area contributed by atoms with E-state index in [2.05, 4.69) is 42.2 Å². The first kappa shape index (κ1) is 15.6. The van der Waals surface area contributed by atoms with E-state index in [0.717, 1.165) is 30.9 Å². The lowest BCUT2D eigenvalue weighted by Crippen LogP contribution is -2.23. The molecule has 0 saturated carbocycles. The van der Waals surface area contributed by atoms with Crippen molar-refractivity contribution in [2.45, 2.75) is 33.4 Å². The van der Waals surface area contributed by atoms with Crippen LogP contribution >= 0.6 is 0 Å². The van der Waals surface area contributed by atoms with Gasteiger partial charge in [0.05, 0.1) is 24.5 Å². The zero-order chi connectivity index (χ0) is 17.2. The third kappa shape index (κ3) is 3.33. The molecule has 0 atom stereocenters.